The van der Waals surface area contributed by atoms with Gasteiger partial charge in [0, 0.05) is 4.88 Å². The van der Waals surface area contributed by atoms with E-state index in [1.165, 1.54) is 11.3 Å². The van der Waals surface area contributed by atoms with Gasteiger partial charge in [0.25, 0.3) is 11.8 Å². The number of hydrogen-bond acceptors (Lipinski definition) is 4. The van der Waals surface area contributed by atoms with Gasteiger partial charge in [-0.2, -0.15) is 0 Å². The van der Waals surface area contributed by atoms with Crippen molar-refractivity contribution in [1.82, 2.24) is 5.06 Å². The summed E-state index contributed by atoms with van der Waals surface area (Å²) in [5.74, 6) is -0.822. The van der Waals surface area contributed by atoms with Crippen LogP contribution in [0.15, 0.2) is 42.3 Å². The Morgan fingerprint density at radius 2 is 1.85 bits per heavy atom. The van der Waals surface area contributed by atoms with Gasteiger partial charge in [-0.15, -0.1) is 16.4 Å². The van der Waals surface area contributed by atoms with Gasteiger partial charge >= 0.3 is 0 Å². The normalized spacial score (nSPS) is 13.7. The van der Waals surface area contributed by atoms with Crippen LogP contribution in [0.4, 0.5) is 0 Å². The van der Waals surface area contributed by atoms with Crippen molar-refractivity contribution in [3.8, 4) is 0 Å². The van der Waals surface area contributed by atoms with Gasteiger partial charge in [-0.25, -0.2) is 0 Å². The molecule has 2 amide bonds. The van der Waals surface area contributed by atoms with E-state index >= 15 is 0 Å². The zero-order valence-corrected chi connectivity index (χ0v) is 11.4. The third-order valence-electron chi connectivity index (χ3n) is 3.00. The van der Waals surface area contributed by atoms with E-state index in [0.29, 0.717) is 11.1 Å². The zero-order valence-electron chi connectivity index (χ0n) is 10.5. The summed E-state index contributed by atoms with van der Waals surface area (Å²) in [6.07, 6.45) is 1.74. The number of nitrogens with zero attached hydrogens (tertiary/aromatic N) is 1. The molecule has 4 nitrogen and oxygen atoms in total. The highest BCUT2D eigenvalue weighted by Crippen LogP contribution is 2.24. The standard InChI is InChI=1S/C15H11NO3S/c1-2-10-7-11(20-9-10)8-19-16-14(17)12-5-3-4-6-13(12)15(16)18/h2-7,9H,1,8H2. The molecule has 1 aliphatic heterocycles. The van der Waals surface area contributed by atoms with Gasteiger partial charge in [0.05, 0.1) is 11.1 Å². The summed E-state index contributed by atoms with van der Waals surface area (Å²) < 4.78 is 0. The summed E-state index contributed by atoms with van der Waals surface area (Å²) in [4.78, 5) is 30.4. The first-order valence-corrected chi connectivity index (χ1v) is 6.89. The highest BCUT2D eigenvalue weighted by atomic mass is 32.1. The first kappa shape index (κ1) is 12.8. The molecule has 0 saturated carbocycles. The maximum Gasteiger partial charge on any atom is 0.285 e. The molecule has 0 bridgehead atoms. The molecule has 2 heterocycles. The monoisotopic (exact) mass is 285 g/mol. The minimum atomic E-state index is -0.411. The Balaban J connectivity index is 1.75. The molecule has 5 heteroatoms. The van der Waals surface area contributed by atoms with Crippen molar-refractivity contribution in [3.05, 3.63) is 63.9 Å². The Morgan fingerprint density at radius 1 is 1.20 bits per heavy atom. The maximum atomic E-state index is 12.1. The Labute approximate surface area is 119 Å². The van der Waals surface area contributed by atoms with Crippen molar-refractivity contribution in [3.63, 3.8) is 0 Å². The third kappa shape index (κ3) is 2.07. The number of carbonyl (C=O) groups excluding carboxylic acids is 2. The molecule has 1 aliphatic rings. The van der Waals surface area contributed by atoms with Crippen molar-refractivity contribution >= 4 is 29.2 Å². The molecule has 0 unspecified atom stereocenters. The van der Waals surface area contributed by atoms with Crippen LogP contribution in [0.2, 0.25) is 0 Å². The molecular weight excluding hydrogens is 274 g/mol. The number of rotatable bonds is 4. The van der Waals surface area contributed by atoms with Gasteiger partial charge < -0.3 is 0 Å². The molecule has 0 atom stereocenters. The third-order valence-corrected chi connectivity index (χ3v) is 3.93. The minimum Gasteiger partial charge on any atom is -0.266 e. The fourth-order valence-electron chi connectivity index (χ4n) is 1.99. The maximum absolute atomic E-state index is 12.1. The molecule has 1 aromatic heterocycles. The summed E-state index contributed by atoms with van der Waals surface area (Å²) in [6, 6.07) is 8.61. The molecule has 0 fully saturated rings. The first-order valence-electron chi connectivity index (χ1n) is 6.01. The summed E-state index contributed by atoms with van der Waals surface area (Å²) >= 11 is 1.50. The lowest BCUT2D eigenvalue weighted by atomic mass is 10.1. The van der Waals surface area contributed by atoms with E-state index < -0.39 is 11.8 Å². The van der Waals surface area contributed by atoms with Crippen molar-refractivity contribution in [2.45, 2.75) is 6.61 Å². The van der Waals surface area contributed by atoms with Crippen molar-refractivity contribution in [2.24, 2.45) is 0 Å². The van der Waals surface area contributed by atoms with Crippen LogP contribution in [0, 0.1) is 0 Å². The summed E-state index contributed by atoms with van der Waals surface area (Å²) in [6.45, 7) is 3.86. The Morgan fingerprint density at radius 3 is 2.40 bits per heavy atom. The molecule has 0 N–H and O–H groups in total. The number of imide groups is 1. The number of fused-ring (bicyclic) bond motifs is 1. The van der Waals surface area contributed by atoms with E-state index in [2.05, 4.69) is 6.58 Å². The highest BCUT2D eigenvalue weighted by molar-refractivity contribution is 7.10. The van der Waals surface area contributed by atoms with Gasteiger partial charge in [0.15, 0.2) is 0 Å². The van der Waals surface area contributed by atoms with Crippen LogP contribution < -0.4 is 0 Å². The summed E-state index contributed by atoms with van der Waals surface area (Å²) in [5.41, 5.74) is 1.77. The highest BCUT2D eigenvalue weighted by Gasteiger charge is 2.36. The van der Waals surface area contributed by atoms with Gasteiger partial charge in [-0.05, 0) is 29.1 Å². The van der Waals surface area contributed by atoms with E-state index in [9.17, 15) is 9.59 Å². The Kier molecular flexibility index (Phi) is 3.22. The van der Waals surface area contributed by atoms with E-state index in [4.69, 9.17) is 4.84 Å². The lowest BCUT2D eigenvalue weighted by Crippen LogP contribution is -2.29. The number of thiophene rings is 1. The average molecular weight is 285 g/mol. The molecule has 20 heavy (non-hydrogen) atoms. The lowest BCUT2D eigenvalue weighted by molar-refractivity contribution is -0.0998. The number of hydroxylamine groups is 2. The average Bonchev–Trinajstić information content (AvgIpc) is 3.03. The van der Waals surface area contributed by atoms with E-state index in [1.807, 2.05) is 11.4 Å². The number of benzene rings is 1. The molecule has 100 valence electrons. The van der Waals surface area contributed by atoms with Crippen LogP contribution in [0.3, 0.4) is 0 Å². The summed E-state index contributed by atoms with van der Waals surface area (Å²) in [5, 5.41) is 2.77. The molecule has 0 spiro atoms. The predicted octanol–water partition coefficient (Wildman–Crippen LogP) is 3.12. The van der Waals surface area contributed by atoms with Crippen LogP contribution in [0.1, 0.15) is 31.2 Å². The molecule has 1 aromatic carbocycles. The van der Waals surface area contributed by atoms with E-state index in [-0.39, 0.29) is 6.61 Å². The van der Waals surface area contributed by atoms with Gasteiger partial charge in [-0.3, -0.25) is 14.4 Å². The SMILES string of the molecule is C=Cc1csc(CON2C(=O)c3ccccc3C2=O)c1. The van der Waals surface area contributed by atoms with Crippen LogP contribution in [-0.2, 0) is 11.4 Å². The molecule has 3 rings (SSSR count). The molecular formula is C15H11NO3S. The fourth-order valence-corrected chi connectivity index (χ4v) is 2.77. The topological polar surface area (TPSA) is 46.6 Å². The molecule has 0 radical (unpaired) electrons. The molecule has 2 aromatic rings. The minimum absolute atomic E-state index is 0.184. The van der Waals surface area contributed by atoms with E-state index in [0.717, 1.165) is 15.5 Å². The molecule has 0 saturated heterocycles. The van der Waals surface area contributed by atoms with Gasteiger partial charge in [-0.1, -0.05) is 24.8 Å². The smallest absolute Gasteiger partial charge is 0.266 e. The number of hydrogen-bond donors (Lipinski definition) is 0. The Hall–Kier alpha value is -2.24. The second kappa shape index (κ2) is 5.03. The first-order chi connectivity index (χ1) is 9.70. The fraction of sp³-hybridized carbons (Fsp3) is 0.0667. The second-order valence-electron chi connectivity index (χ2n) is 4.27. The van der Waals surface area contributed by atoms with Crippen molar-refractivity contribution in [2.75, 3.05) is 0 Å². The summed E-state index contributed by atoms with van der Waals surface area (Å²) in [7, 11) is 0. The van der Waals surface area contributed by atoms with Crippen molar-refractivity contribution < 1.29 is 14.4 Å². The lowest BCUT2D eigenvalue weighted by Gasteiger charge is -2.12. The van der Waals surface area contributed by atoms with Crippen LogP contribution in [-0.4, -0.2) is 16.9 Å². The quantitative estimate of drug-likeness (QED) is 0.811. The predicted molar refractivity (Wildman–Crippen MR) is 76.1 cm³/mol. The van der Waals surface area contributed by atoms with Crippen LogP contribution in [0.5, 0.6) is 0 Å². The van der Waals surface area contributed by atoms with Crippen LogP contribution in [0.25, 0.3) is 6.08 Å². The second-order valence-corrected chi connectivity index (χ2v) is 5.27. The molecule has 0 aliphatic carbocycles. The van der Waals surface area contributed by atoms with Gasteiger partial charge in [0.2, 0.25) is 0 Å². The number of amides is 2. The zero-order chi connectivity index (χ0) is 14.1. The van der Waals surface area contributed by atoms with Crippen LogP contribution >= 0.6 is 11.3 Å². The van der Waals surface area contributed by atoms with E-state index in [1.54, 1.807) is 30.3 Å². The number of carbonyl (C=O) groups is 2. The largest absolute Gasteiger partial charge is 0.285 e. The Bertz CT molecular complexity index is 670. The van der Waals surface area contributed by atoms with Gasteiger partial charge in [0.1, 0.15) is 6.61 Å². The van der Waals surface area contributed by atoms with Crippen molar-refractivity contribution in [1.29, 1.82) is 0 Å².